The van der Waals surface area contributed by atoms with E-state index in [1.807, 2.05) is 0 Å². The van der Waals surface area contributed by atoms with Crippen molar-refractivity contribution in [3.05, 3.63) is 29.8 Å². The van der Waals surface area contributed by atoms with Gasteiger partial charge in [0.15, 0.2) is 0 Å². The quantitative estimate of drug-likeness (QED) is 0.774. The van der Waals surface area contributed by atoms with Crippen molar-refractivity contribution < 1.29 is 24.5 Å². The van der Waals surface area contributed by atoms with Gasteiger partial charge in [-0.25, -0.2) is 9.59 Å². The van der Waals surface area contributed by atoms with Crippen LogP contribution in [-0.4, -0.2) is 33.9 Å². The number of phenolic OH excluding ortho intramolecular Hbond substituents is 1. The summed E-state index contributed by atoms with van der Waals surface area (Å²) < 4.78 is 5.04. The van der Waals surface area contributed by atoms with Crippen molar-refractivity contribution in [2.75, 3.05) is 0 Å². The molecule has 1 rings (SSSR count). The van der Waals surface area contributed by atoms with Crippen LogP contribution in [0.15, 0.2) is 24.3 Å². The molecule has 6 heteroatoms. The standard InChI is InChI=1S/C15H21NO5/c1-15(2,3)21-14(20)16-12(13(18)19)9-6-10-4-7-11(17)8-5-10/h4-5,7-8,12,17H,6,9H2,1-3H3,(H,16,20)(H,18,19)/t12-/m1/s1. The van der Waals surface area contributed by atoms with Gasteiger partial charge in [-0.15, -0.1) is 0 Å². The van der Waals surface area contributed by atoms with Crippen molar-refractivity contribution in [2.45, 2.75) is 45.3 Å². The molecule has 0 aromatic heterocycles. The molecule has 0 spiro atoms. The third kappa shape index (κ3) is 6.65. The largest absolute Gasteiger partial charge is 0.508 e. The summed E-state index contributed by atoms with van der Waals surface area (Å²) in [7, 11) is 0. The number of ether oxygens (including phenoxy) is 1. The van der Waals surface area contributed by atoms with Crippen molar-refractivity contribution in [2.24, 2.45) is 0 Å². The smallest absolute Gasteiger partial charge is 0.408 e. The van der Waals surface area contributed by atoms with Gasteiger partial charge < -0.3 is 20.3 Å². The molecule has 3 N–H and O–H groups in total. The maximum atomic E-state index is 11.6. The van der Waals surface area contributed by atoms with Crippen LogP contribution in [0.2, 0.25) is 0 Å². The van der Waals surface area contributed by atoms with Gasteiger partial charge in [0.25, 0.3) is 0 Å². The average Bonchev–Trinajstić information content (AvgIpc) is 2.33. The molecule has 1 amide bonds. The second-order valence-electron chi connectivity index (χ2n) is 5.74. The van der Waals surface area contributed by atoms with E-state index in [-0.39, 0.29) is 12.2 Å². The summed E-state index contributed by atoms with van der Waals surface area (Å²) in [5.74, 6) is -0.958. The van der Waals surface area contributed by atoms with Crippen LogP contribution in [-0.2, 0) is 16.0 Å². The van der Waals surface area contributed by atoms with Crippen molar-refractivity contribution in [3.8, 4) is 5.75 Å². The third-order valence-corrected chi connectivity index (χ3v) is 2.65. The lowest BCUT2D eigenvalue weighted by Gasteiger charge is -2.22. The lowest BCUT2D eigenvalue weighted by atomic mass is 10.1. The lowest BCUT2D eigenvalue weighted by Crippen LogP contribution is -2.43. The number of benzene rings is 1. The number of rotatable bonds is 5. The van der Waals surface area contributed by atoms with Crippen LogP contribution in [0.3, 0.4) is 0 Å². The normalized spacial score (nSPS) is 12.5. The van der Waals surface area contributed by atoms with E-state index >= 15 is 0 Å². The highest BCUT2D eigenvalue weighted by Gasteiger charge is 2.23. The number of carboxylic acid groups (broad SMARTS) is 1. The minimum absolute atomic E-state index is 0.153. The van der Waals surface area contributed by atoms with Gasteiger partial charge in [-0.1, -0.05) is 12.1 Å². The monoisotopic (exact) mass is 295 g/mol. The van der Waals surface area contributed by atoms with Crippen LogP contribution in [0, 0.1) is 0 Å². The molecule has 1 atom stereocenters. The molecule has 0 fully saturated rings. The minimum Gasteiger partial charge on any atom is -0.508 e. The highest BCUT2D eigenvalue weighted by Crippen LogP contribution is 2.12. The number of nitrogens with one attached hydrogen (secondary N) is 1. The molecule has 0 bridgehead atoms. The summed E-state index contributed by atoms with van der Waals surface area (Å²) in [4.78, 5) is 22.8. The van der Waals surface area contributed by atoms with Crippen LogP contribution in [0.4, 0.5) is 4.79 Å². The van der Waals surface area contributed by atoms with E-state index in [4.69, 9.17) is 9.84 Å². The fourth-order valence-electron chi connectivity index (χ4n) is 1.68. The predicted molar refractivity (Wildman–Crippen MR) is 77.2 cm³/mol. The highest BCUT2D eigenvalue weighted by atomic mass is 16.6. The molecule has 0 aliphatic rings. The molecule has 0 unspecified atom stereocenters. The Morgan fingerprint density at radius 2 is 1.81 bits per heavy atom. The van der Waals surface area contributed by atoms with Gasteiger partial charge in [-0.2, -0.15) is 0 Å². The van der Waals surface area contributed by atoms with E-state index in [1.165, 1.54) is 12.1 Å². The number of alkyl carbamates (subject to hydrolysis) is 1. The zero-order valence-corrected chi connectivity index (χ0v) is 12.4. The van der Waals surface area contributed by atoms with Crippen molar-refractivity contribution in [1.29, 1.82) is 0 Å². The van der Waals surface area contributed by atoms with Crippen molar-refractivity contribution in [3.63, 3.8) is 0 Å². The number of amides is 1. The van der Waals surface area contributed by atoms with E-state index in [1.54, 1.807) is 32.9 Å². The SMILES string of the molecule is CC(C)(C)OC(=O)N[C@H](CCc1ccc(O)cc1)C(=O)O. The van der Waals surface area contributed by atoms with Crippen LogP contribution in [0.5, 0.6) is 5.75 Å². The molecule has 0 aliphatic heterocycles. The fraction of sp³-hybridized carbons (Fsp3) is 0.467. The summed E-state index contributed by atoms with van der Waals surface area (Å²) in [6.45, 7) is 5.12. The number of carbonyl (C=O) groups excluding carboxylic acids is 1. The van der Waals surface area contributed by atoms with Gasteiger partial charge in [0.2, 0.25) is 0 Å². The number of hydrogen-bond acceptors (Lipinski definition) is 4. The Kier molecular flexibility index (Phi) is 5.58. The van der Waals surface area contributed by atoms with Gasteiger partial charge in [0.05, 0.1) is 0 Å². The van der Waals surface area contributed by atoms with E-state index < -0.39 is 23.7 Å². The van der Waals surface area contributed by atoms with Crippen molar-refractivity contribution >= 4 is 12.1 Å². The zero-order valence-electron chi connectivity index (χ0n) is 12.4. The minimum atomic E-state index is -1.11. The second kappa shape index (κ2) is 6.97. The Balaban J connectivity index is 2.56. The van der Waals surface area contributed by atoms with Crippen LogP contribution < -0.4 is 5.32 Å². The van der Waals surface area contributed by atoms with E-state index in [0.717, 1.165) is 5.56 Å². The summed E-state index contributed by atoms with van der Waals surface area (Å²) in [6.07, 6.45) is -0.0486. The predicted octanol–water partition coefficient (Wildman–Crippen LogP) is 2.30. The number of aliphatic carboxylic acids is 1. The molecule has 0 heterocycles. The third-order valence-electron chi connectivity index (χ3n) is 2.65. The highest BCUT2D eigenvalue weighted by molar-refractivity contribution is 5.80. The molecular formula is C15H21NO5. The second-order valence-corrected chi connectivity index (χ2v) is 5.74. The van der Waals surface area contributed by atoms with E-state index in [9.17, 15) is 14.7 Å². The number of aryl methyl sites for hydroxylation is 1. The van der Waals surface area contributed by atoms with Gasteiger partial charge in [0, 0.05) is 0 Å². The molecule has 1 aromatic carbocycles. The Morgan fingerprint density at radius 3 is 2.29 bits per heavy atom. The molecule has 6 nitrogen and oxygen atoms in total. The fourth-order valence-corrected chi connectivity index (χ4v) is 1.68. The van der Waals surface area contributed by atoms with E-state index in [2.05, 4.69) is 5.32 Å². The maximum absolute atomic E-state index is 11.6. The zero-order chi connectivity index (χ0) is 16.0. The average molecular weight is 295 g/mol. The number of hydrogen-bond donors (Lipinski definition) is 3. The van der Waals surface area contributed by atoms with Crippen LogP contribution in [0.25, 0.3) is 0 Å². The number of phenols is 1. The van der Waals surface area contributed by atoms with Crippen LogP contribution in [0.1, 0.15) is 32.8 Å². The van der Waals surface area contributed by atoms with Gasteiger partial charge in [-0.3, -0.25) is 0 Å². The molecule has 0 aliphatic carbocycles. The number of aromatic hydroxyl groups is 1. The Morgan fingerprint density at radius 1 is 1.24 bits per heavy atom. The van der Waals surface area contributed by atoms with Gasteiger partial charge in [0.1, 0.15) is 17.4 Å². The number of carboxylic acids is 1. The first-order valence-electron chi connectivity index (χ1n) is 6.67. The molecule has 21 heavy (non-hydrogen) atoms. The number of carbonyl (C=O) groups is 2. The summed E-state index contributed by atoms with van der Waals surface area (Å²) in [5.41, 5.74) is 0.203. The lowest BCUT2D eigenvalue weighted by molar-refractivity contribution is -0.139. The van der Waals surface area contributed by atoms with Crippen LogP contribution >= 0.6 is 0 Å². The Labute approximate surface area is 123 Å². The van der Waals surface area contributed by atoms with Gasteiger partial charge in [-0.05, 0) is 51.3 Å². The molecular weight excluding hydrogens is 274 g/mol. The topological polar surface area (TPSA) is 95.9 Å². The van der Waals surface area contributed by atoms with Gasteiger partial charge >= 0.3 is 12.1 Å². The Bertz CT molecular complexity index is 490. The molecule has 0 saturated heterocycles. The first-order valence-corrected chi connectivity index (χ1v) is 6.67. The first kappa shape index (κ1) is 16.8. The summed E-state index contributed by atoms with van der Waals surface area (Å²) in [5, 5.41) is 20.7. The maximum Gasteiger partial charge on any atom is 0.408 e. The van der Waals surface area contributed by atoms with E-state index in [0.29, 0.717) is 6.42 Å². The molecule has 116 valence electrons. The summed E-state index contributed by atoms with van der Waals surface area (Å²) >= 11 is 0. The molecule has 1 aromatic rings. The molecule has 0 saturated carbocycles. The summed E-state index contributed by atoms with van der Waals surface area (Å²) in [6, 6.07) is 5.47. The Hall–Kier alpha value is -2.24. The van der Waals surface area contributed by atoms with Crippen molar-refractivity contribution in [1.82, 2.24) is 5.32 Å². The molecule has 0 radical (unpaired) electrons. The first-order chi connectivity index (χ1) is 9.67.